The third kappa shape index (κ3) is 4.50. The Balaban J connectivity index is 1.78. The fourth-order valence-electron chi connectivity index (χ4n) is 2.51. The number of halogens is 4. The molecule has 1 aromatic heterocycles. The maximum absolute atomic E-state index is 13.8. The molecule has 0 bridgehead atoms. The van der Waals surface area contributed by atoms with Crippen molar-refractivity contribution < 1.29 is 30.7 Å². The topological polar surface area (TPSA) is 73.2 Å². The minimum atomic E-state index is -3.98. The lowest BCUT2D eigenvalue weighted by Gasteiger charge is -2.08. The van der Waals surface area contributed by atoms with Crippen LogP contribution in [0.25, 0.3) is 0 Å². The van der Waals surface area contributed by atoms with Gasteiger partial charge in [-0.25, -0.2) is 26.0 Å². The van der Waals surface area contributed by atoms with Crippen molar-refractivity contribution >= 4 is 15.8 Å². The van der Waals surface area contributed by atoms with Crippen LogP contribution in [0.4, 0.5) is 23.4 Å². The van der Waals surface area contributed by atoms with Gasteiger partial charge >= 0.3 is 0 Å². The summed E-state index contributed by atoms with van der Waals surface area (Å²) >= 11 is 0. The van der Waals surface area contributed by atoms with Gasteiger partial charge in [-0.15, -0.1) is 0 Å². The number of aromatic nitrogens is 2. The van der Waals surface area contributed by atoms with Crippen molar-refractivity contribution in [2.75, 3.05) is 11.3 Å². The maximum atomic E-state index is 13.8. The molecule has 0 saturated heterocycles. The van der Waals surface area contributed by atoms with E-state index < -0.39 is 45.4 Å². The summed E-state index contributed by atoms with van der Waals surface area (Å²) in [6, 6.07) is 6.99. The number of anilines is 1. The molecule has 0 amide bonds. The number of ether oxygens (including phenoxy) is 1. The highest BCUT2D eigenvalue weighted by atomic mass is 32.2. The Kier molecular flexibility index (Phi) is 5.78. The lowest BCUT2D eigenvalue weighted by Crippen LogP contribution is -2.14. The summed E-state index contributed by atoms with van der Waals surface area (Å²) in [5.74, 6) is -5.81. The summed E-state index contributed by atoms with van der Waals surface area (Å²) in [4.78, 5) is -0.0557. The maximum Gasteiger partial charge on any atom is 0.263 e. The van der Waals surface area contributed by atoms with Crippen LogP contribution < -0.4 is 9.46 Å². The van der Waals surface area contributed by atoms with E-state index in [0.717, 1.165) is 4.68 Å². The predicted molar refractivity (Wildman–Crippen MR) is 96.0 cm³/mol. The van der Waals surface area contributed by atoms with Gasteiger partial charge in [0.1, 0.15) is 5.75 Å². The van der Waals surface area contributed by atoms with Crippen molar-refractivity contribution in [1.82, 2.24) is 9.78 Å². The predicted octanol–water partition coefficient (Wildman–Crippen LogP) is 3.69. The minimum Gasteiger partial charge on any atom is -0.494 e. The molecule has 0 saturated carbocycles. The minimum absolute atomic E-state index is 0.0557. The second-order valence-electron chi connectivity index (χ2n) is 5.86. The van der Waals surface area contributed by atoms with E-state index in [2.05, 4.69) is 9.82 Å². The Morgan fingerprint density at radius 3 is 2.24 bits per heavy atom. The Morgan fingerprint density at radius 2 is 1.66 bits per heavy atom. The number of nitrogens with one attached hydrogen (secondary N) is 1. The molecule has 0 radical (unpaired) electrons. The molecular weight excluding hydrogens is 414 g/mol. The third-order valence-electron chi connectivity index (χ3n) is 3.85. The summed E-state index contributed by atoms with van der Waals surface area (Å²) in [5.41, 5.74) is -0.869. The SMILES string of the molecule is CCOc1ccc(S(=O)(=O)Nc2ccn(Cc3c(F)c(F)cc(F)c3F)n2)cc1. The van der Waals surface area contributed by atoms with Gasteiger partial charge in [-0.3, -0.25) is 9.40 Å². The zero-order valence-electron chi connectivity index (χ0n) is 15.0. The van der Waals surface area contributed by atoms with E-state index in [4.69, 9.17) is 4.74 Å². The Hall–Kier alpha value is -3.08. The first kappa shape index (κ1) is 20.6. The van der Waals surface area contributed by atoms with E-state index >= 15 is 0 Å². The van der Waals surface area contributed by atoms with Gasteiger partial charge in [0.2, 0.25) is 0 Å². The molecule has 1 N–H and O–H groups in total. The Labute approximate surface area is 163 Å². The number of benzene rings is 2. The molecule has 0 spiro atoms. The van der Waals surface area contributed by atoms with E-state index in [1.807, 2.05) is 0 Å². The highest BCUT2D eigenvalue weighted by molar-refractivity contribution is 7.92. The highest BCUT2D eigenvalue weighted by Crippen LogP contribution is 2.22. The van der Waals surface area contributed by atoms with E-state index in [0.29, 0.717) is 12.4 Å². The van der Waals surface area contributed by atoms with E-state index in [-0.39, 0.29) is 16.8 Å². The van der Waals surface area contributed by atoms with Crippen molar-refractivity contribution in [2.45, 2.75) is 18.4 Å². The van der Waals surface area contributed by atoms with Crippen molar-refractivity contribution in [3.63, 3.8) is 0 Å². The summed E-state index contributed by atoms with van der Waals surface area (Å²) < 4.78 is 87.4. The number of hydrogen-bond acceptors (Lipinski definition) is 4. The fourth-order valence-corrected chi connectivity index (χ4v) is 3.50. The molecule has 0 aliphatic carbocycles. The standard InChI is InChI=1S/C18H15F4N3O3S/c1-2-28-11-3-5-12(6-4-11)29(26,27)24-16-7-8-25(23-16)10-13-17(21)14(19)9-15(20)18(13)22/h3-9H,2,10H2,1H3,(H,23,24). The van der Waals surface area contributed by atoms with Crippen LogP contribution in [0, 0.1) is 23.3 Å². The van der Waals surface area contributed by atoms with Gasteiger partial charge in [-0.2, -0.15) is 5.10 Å². The second kappa shape index (κ2) is 8.11. The van der Waals surface area contributed by atoms with Crippen LogP contribution in [0.3, 0.4) is 0 Å². The summed E-state index contributed by atoms with van der Waals surface area (Å²) in [6.07, 6.45) is 1.21. The van der Waals surface area contributed by atoms with Gasteiger partial charge in [0.15, 0.2) is 29.1 Å². The van der Waals surface area contributed by atoms with E-state index in [9.17, 15) is 26.0 Å². The number of nitrogens with zero attached hydrogens (tertiary/aromatic N) is 2. The molecule has 11 heteroatoms. The number of hydrogen-bond donors (Lipinski definition) is 1. The lowest BCUT2D eigenvalue weighted by atomic mass is 10.2. The third-order valence-corrected chi connectivity index (χ3v) is 5.22. The first-order valence-corrected chi connectivity index (χ1v) is 9.80. The Bertz CT molecular complexity index is 1110. The van der Waals surface area contributed by atoms with Crippen molar-refractivity contribution in [2.24, 2.45) is 0 Å². The molecule has 0 aliphatic rings. The number of sulfonamides is 1. The van der Waals surface area contributed by atoms with Gasteiger partial charge in [0, 0.05) is 18.3 Å². The summed E-state index contributed by atoms with van der Waals surface area (Å²) in [7, 11) is -3.98. The van der Waals surface area contributed by atoms with Crippen LogP contribution >= 0.6 is 0 Å². The molecular formula is C18H15F4N3O3S. The average molecular weight is 429 g/mol. The van der Waals surface area contributed by atoms with Gasteiger partial charge in [-0.05, 0) is 31.2 Å². The summed E-state index contributed by atoms with van der Waals surface area (Å²) in [5, 5.41) is 3.83. The average Bonchev–Trinajstić information content (AvgIpc) is 3.10. The molecule has 3 rings (SSSR count). The molecule has 2 aromatic carbocycles. The molecule has 0 aliphatic heterocycles. The molecule has 0 fully saturated rings. The fraction of sp³-hybridized carbons (Fsp3) is 0.167. The van der Waals surface area contributed by atoms with E-state index in [1.54, 1.807) is 6.92 Å². The zero-order valence-corrected chi connectivity index (χ0v) is 15.8. The monoisotopic (exact) mass is 429 g/mol. The quantitative estimate of drug-likeness (QED) is 0.459. The van der Waals surface area contributed by atoms with Gasteiger partial charge in [-0.1, -0.05) is 0 Å². The molecule has 6 nitrogen and oxygen atoms in total. The molecule has 0 unspecified atom stereocenters. The molecule has 29 heavy (non-hydrogen) atoms. The van der Waals surface area contributed by atoms with Crippen LogP contribution in [0.15, 0.2) is 47.5 Å². The lowest BCUT2D eigenvalue weighted by molar-refractivity contribution is 0.340. The van der Waals surface area contributed by atoms with Crippen LogP contribution in [-0.4, -0.2) is 24.8 Å². The smallest absolute Gasteiger partial charge is 0.263 e. The number of rotatable bonds is 7. The normalized spacial score (nSPS) is 11.5. The van der Waals surface area contributed by atoms with Crippen molar-refractivity contribution in [3.05, 3.63) is 71.4 Å². The van der Waals surface area contributed by atoms with Crippen LogP contribution in [0.1, 0.15) is 12.5 Å². The van der Waals surface area contributed by atoms with Crippen molar-refractivity contribution in [3.8, 4) is 5.75 Å². The molecule has 154 valence electrons. The van der Waals surface area contributed by atoms with Gasteiger partial charge in [0.05, 0.1) is 23.6 Å². The van der Waals surface area contributed by atoms with Crippen LogP contribution in [-0.2, 0) is 16.6 Å². The van der Waals surface area contributed by atoms with Crippen LogP contribution in [0.2, 0.25) is 0 Å². The molecule has 1 heterocycles. The van der Waals surface area contributed by atoms with Gasteiger partial charge < -0.3 is 4.74 Å². The van der Waals surface area contributed by atoms with E-state index in [1.165, 1.54) is 36.5 Å². The van der Waals surface area contributed by atoms with Gasteiger partial charge in [0.25, 0.3) is 10.0 Å². The second-order valence-corrected chi connectivity index (χ2v) is 7.54. The first-order valence-electron chi connectivity index (χ1n) is 8.32. The largest absolute Gasteiger partial charge is 0.494 e. The Morgan fingerprint density at radius 1 is 1.03 bits per heavy atom. The first-order chi connectivity index (χ1) is 13.7. The zero-order chi connectivity index (χ0) is 21.2. The molecule has 0 atom stereocenters. The molecule has 3 aromatic rings. The highest BCUT2D eigenvalue weighted by Gasteiger charge is 2.20. The van der Waals surface area contributed by atoms with Crippen molar-refractivity contribution in [1.29, 1.82) is 0 Å². The van der Waals surface area contributed by atoms with Crippen LogP contribution in [0.5, 0.6) is 5.75 Å². The summed E-state index contributed by atoms with van der Waals surface area (Å²) in [6.45, 7) is 1.58.